The van der Waals surface area contributed by atoms with Crippen LogP contribution in [-0.4, -0.2) is 15.9 Å². The van der Waals surface area contributed by atoms with Crippen LogP contribution in [-0.2, 0) is 9.09 Å². The van der Waals surface area contributed by atoms with E-state index < -0.39 is 13.9 Å². The summed E-state index contributed by atoms with van der Waals surface area (Å²) in [6.07, 6.45) is 0. The highest BCUT2D eigenvalue weighted by Gasteiger charge is 2.10. The van der Waals surface area contributed by atoms with Gasteiger partial charge in [-0.3, -0.25) is 4.52 Å². The van der Waals surface area contributed by atoms with Gasteiger partial charge in [0.25, 0.3) is 0 Å². The molecule has 7 heavy (non-hydrogen) atoms. The summed E-state index contributed by atoms with van der Waals surface area (Å²) in [5, 5.41) is 0. The molecule has 0 bridgehead atoms. The number of phosphoric acid groups is 1. The van der Waals surface area contributed by atoms with Crippen molar-refractivity contribution >= 4 is 19.4 Å². The third-order valence-electron chi connectivity index (χ3n) is 0.217. The van der Waals surface area contributed by atoms with Gasteiger partial charge in [0.2, 0.25) is 0 Å². The van der Waals surface area contributed by atoms with Gasteiger partial charge >= 0.3 is 7.82 Å². The highest BCUT2D eigenvalue weighted by Crippen LogP contribution is 2.35. The first-order valence-corrected chi connectivity index (χ1v) is 3.39. The summed E-state index contributed by atoms with van der Waals surface area (Å²) in [6.45, 7) is 0. The molecule has 0 aliphatic rings. The fraction of sp³-hybridized carbons (Fsp3) is 1.00. The second-order valence-corrected chi connectivity index (χ2v) is 2.19. The van der Waals surface area contributed by atoms with Crippen LogP contribution in [0, 0.1) is 0 Å². The third kappa shape index (κ3) is 6.40. The highest BCUT2D eigenvalue weighted by atomic mass is 35.5. The lowest BCUT2D eigenvalue weighted by Gasteiger charge is -1.96. The van der Waals surface area contributed by atoms with Crippen molar-refractivity contribution in [1.82, 2.24) is 0 Å². The Morgan fingerprint density at radius 1 is 1.71 bits per heavy atom. The minimum atomic E-state index is -4.30. The molecule has 0 amide bonds. The smallest absolute Gasteiger partial charge is 0.303 e. The minimum absolute atomic E-state index is 0.482. The number of halogens is 1. The molecule has 2 N–H and O–H groups in total. The molecule has 4 nitrogen and oxygen atoms in total. The lowest BCUT2D eigenvalue weighted by atomic mass is 11.7. The van der Waals surface area contributed by atoms with Gasteiger partial charge in [0.05, 0.1) is 0 Å². The highest BCUT2D eigenvalue weighted by molar-refractivity contribution is 7.46. The molecule has 0 aromatic heterocycles. The summed E-state index contributed by atoms with van der Waals surface area (Å²) in [5.74, 6) is 0. The van der Waals surface area contributed by atoms with Crippen molar-refractivity contribution in [3.8, 4) is 0 Å². The van der Waals surface area contributed by atoms with Gasteiger partial charge in [-0.05, 0) is 0 Å². The van der Waals surface area contributed by atoms with Crippen molar-refractivity contribution in [3.05, 3.63) is 0 Å². The predicted molar refractivity (Wildman–Crippen MR) is 23.8 cm³/mol. The molecule has 0 saturated heterocycles. The monoisotopic (exact) mass is 146 g/mol. The molecule has 0 aliphatic carbocycles. The van der Waals surface area contributed by atoms with E-state index in [-0.39, 0.29) is 0 Å². The molecule has 0 spiro atoms. The van der Waals surface area contributed by atoms with Crippen LogP contribution in [0.3, 0.4) is 0 Å². The second-order valence-electron chi connectivity index (χ2n) is 0.729. The minimum Gasteiger partial charge on any atom is -0.303 e. The Hall–Kier alpha value is 0.400. The lowest BCUT2D eigenvalue weighted by Crippen LogP contribution is -1.82. The van der Waals surface area contributed by atoms with E-state index in [2.05, 4.69) is 4.52 Å². The molecule has 44 valence electrons. The van der Waals surface area contributed by atoms with Gasteiger partial charge in [0.15, 0.2) is 0 Å². The number of alkyl halides is 1. The van der Waals surface area contributed by atoms with E-state index in [0.29, 0.717) is 0 Å². The average Bonchev–Trinajstić information content (AvgIpc) is 1.30. The van der Waals surface area contributed by atoms with E-state index in [1.54, 1.807) is 0 Å². The van der Waals surface area contributed by atoms with E-state index in [0.717, 1.165) is 0 Å². The number of hydrogen-bond acceptors (Lipinski definition) is 2. The topological polar surface area (TPSA) is 66.8 Å². The fourth-order valence-corrected chi connectivity index (χ4v) is 0.572. The van der Waals surface area contributed by atoms with Crippen LogP contribution < -0.4 is 0 Å². The molecule has 0 unspecified atom stereocenters. The summed E-state index contributed by atoms with van der Waals surface area (Å²) >= 11 is 4.77. The molecular weight excluding hydrogens is 142 g/mol. The van der Waals surface area contributed by atoms with Crippen molar-refractivity contribution in [2.45, 2.75) is 0 Å². The van der Waals surface area contributed by atoms with Gasteiger partial charge < -0.3 is 9.79 Å². The number of rotatable bonds is 2. The maximum Gasteiger partial charge on any atom is 0.470 e. The van der Waals surface area contributed by atoms with Gasteiger partial charge in [-0.2, -0.15) is 0 Å². The van der Waals surface area contributed by atoms with E-state index in [1.165, 1.54) is 0 Å². The van der Waals surface area contributed by atoms with Crippen LogP contribution in [0.5, 0.6) is 0 Å². The quantitative estimate of drug-likeness (QED) is 0.434. The van der Waals surface area contributed by atoms with E-state index in [9.17, 15) is 4.57 Å². The largest absolute Gasteiger partial charge is 0.470 e. The Morgan fingerprint density at radius 3 is 2.14 bits per heavy atom. The summed E-state index contributed by atoms with van der Waals surface area (Å²) in [4.78, 5) is 15.6. The van der Waals surface area contributed by atoms with Gasteiger partial charge in [-0.15, -0.1) is 0 Å². The summed E-state index contributed by atoms with van der Waals surface area (Å²) < 4.78 is 13.3. The van der Waals surface area contributed by atoms with Crippen LogP contribution in [0.25, 0.3) is 0 Å². The molecule has 0 radical (unpaired) electrons. The predicted octanol–water partition coefficient (Wildman–Crippen LogP) is 0.292. The Kier molecular flexibility index (Phi) is 2.80. The molecule has 0 atom stereocenters. The average molecular weight is 146 g/mol. The van der Waals surface area contributed by atoms with Crippen LogP contribution in [0.15, 0.2) is 0 Å². The van der Waals surface area contributed by atoms with Crippen molar-refractivity contribution in [2.75, 3.05) is 6.07 Å². The second kappa shape index (κ2) is 2.64. The lowest BCUT2D eigenvalue weighted by molar-refractivity contribution is 0.225. The maximum absolute atomic E-state index is 9.62. The zero-order valence-electron chi connectivity index (χ0n) is 3.24. The number of phosphoric ester groups is 1. The van der Waals surface area contributed by atoms with Gasteiger partial charge in [0.1, 0.15) is 6.07 Å². The van der Waals surface area contributed by atoms with Gasteiger partial charge in [0, 0.05) is 0 Å². The molecule has 0 aliphatic heterocycles. The molecule has 0 aromatic rings. The van der Waals surface area contributed by atoms with Crippen LogP contribution in [0.1, 0.15) is 0 Å². The zero-order valence-corrected chi connectivity index (χ0v) is 4.89. The SMILES string of the molecule is O=P(O)(O)OCCl. The van der Waals surface area contributed by atoms with Crippen LogP contribution >= 0.6 is 19.4 Å². The summed E-state index contributed by atoms with van der Waals surface area (Å²) in [7, 11) is -4.30. The van der Waals surface area contributed by atoms with Crippen molar-refractivity contribution in [3.63, 3.8) is 0 Å². The molecule has 0 rings (SSSR count). The normalized spacial score (nSPS) is 11.9. The standard InChI is InChI=1S/CH4ClO4P/c2-1-6-7(3,4)5/h1H2,(H2,3,4,5). The van der Waals surface area contributed by atoms with Gasteiger partial charge in [-0.1, -0.05) is 11.6 Å². The van der Waals surface area contributed by atoms with Crippen molar-refractivity contribution in [1.29, 1.82) is 0 Å². The first-order chi connectivity index (χ1) is 3.06. The van der Waals surface area contributed by atoms with E-state index in [1.807, 2.05) is 0 Å². The Labute approximate surface area is 45.3 Å². The first kappa shape index (κ1) is 7.40. The molecule has 0 aromatic carbocycles. The maximum atomic E-state index is 9.62. The molecule has 6 heteroatoms. The molecule has 0 fully saturated rings. The summed E-state index contributed by atoms with van der Waals surface area (Å²) in [5.41, 5.74) is 0. The molecule has 0 saturated carbocycles. The van der Waals surface area contributed by atoms with Crippen LogP contribution in [0.4, 0.5) is 0 Å². The Morgan fingerprint density at radius 2 is 2.14 bits per heavy atom. The summed E-state index contributed by atoms with van der Waals surface area (Å²) in [6, 6.07) is -0.482. The van der Waals surface area contributed by atoms with E-state index in [4.69, 9.17) is 21.4 Å². The van der Waals surface area contributed by atoms with Crippen molar-refractivity contribution in [2.24, 2.45) is 0 Å². The number of hydrogen-bond donors (Lipinski definition) is 2. The van der Waals surface area contributed by atoms with Crippen LogP contribution in [0.2, 0.25) is 0 Å². The third-order valence-corrected chi connectivity index (χ3v) is 0.944. The molecule has 0 heterocycles. The Balaban J connectivity index is 3.36. The fourth-order valence-electron chi connectivity index (χ4n) is 0.0636. The first-order valence-electron chi connectivity index (χ1n) is 1.32. The molecular formula is CH4ClO4P. The zero-order chi connectivity index (χ0) is 5.91. The van der Waals surface area contributed by atoms with E-state index >= 15 is 0 Å². The van der Waals surface area contributed by atoms with Gasteiger partial charge in [-0.25, -0.2) is 4.57 Å². The van der Waals surface area contributed by atoms with Crippen molar-refractivity contribution < 1.29 is 18.9 Å². The Bertz CT molecular complexity index is 85.7.